The van der Waals surface area contributed by atoms with Gasteiger partial charge < -0.3 is 10.2 Å². The second-order valence-electron chi connectivity index (χ2n) is 10.7. The molecule has 7 heteroatoms. The lowest BCUT2D eigenvalue weighted by atomic mass is 9.78. The van der Waals surface area contributed by atoms with Crippen LogP contribution in [0.4, 0.5) is 11.6 Å². The molecule has 4 aromatic carbocycles. The summed E-state index contributed by atoms with van der Waals surface area (Å²) in [7, 11) is 2.19. The third-order valence-electron chi connectivity index (χ3n) is 7.84. The van der Waals surface area contributed by atoms with Crippen LogP contribution in [-0.2, 0) is 19.3 Å². The molecular formula is C35H33Cl3N4. The van der Waals surface area contributed by atoms with E-state index >= 15 is 0 Å². The van der Waals surface area contributed by atoms with Crippen LogP contribution < -0.4 is 5.32 Å². The van der Waals surface area contributed by atoms with Crippen LogP contribution in [0.25, 0.3) is 11.3 Å². The molecule has 1 N–H and O–H groups in total. The summed E-state index contributed by atoms with van der Waals surface area (Å²) in [5.41, 5.74) is 9.28. The van der Waals surface area contributed by atoms with Gasteiger partial charge >= 0.3 is 0 Å². The smallest absolute Gasteiger partial charge is 0.227 e. The van der Waals surface area contributed by atoms with Crippen LogP contribution in [-0.4, -0.2) is 35.0 Å². The van der Waals surface area contributed by atoms with Gasteiger partial charge in [-0.3, -0.25) is 0 Å². The number of fused-ring (bicyclic) bond motifs is 3. The van der Waals surface area contributed by atoms with E-state index in [4.69, 9.17) is 28.2 Å². The monoisotopic (exact) mass is 614 g/mol. The molecule has 0 bridgehead atoms. The standard InChI is InChI=1S/C35H32Cl2N4.ClH/c1-41(19-17-24-7-3-2-4-8-24)20-18-25-11-14-28(15-12-25)39-35-38-23-27-21-31(26-13-16-32(36)33(37)22-26)29-9-5-6-10-30(29)34(27)40-35;/h2-16,22-23,31H,17-21H2,1H3,(H,38,39,40);1H/t31-;/m0./s1. The molecule has 1 aliphatic carbocycles. The van der Waals surface area contributed by atoms with Gasteiger partial charge in [0.1, 0.15) is 0 Å². The highest BCUT2D eigenvalue weighted by atomic mass is 35.5. The Hall–Kier alpha value is -3.41. The van der Waals surface area contributed by atoms with E-state index in [-0.39, 0.29) is 18.3 Å². The number of hydrogen-bond donors (Lipinski definition) is 1. The predicted molar refractivity (Wildman–Crippen MR) is 178 cm³/mol. The predicted octanol–water partition coefficient (Wildman–Crippen LogP) is 9.02. The molecule has 1 atom stereocenters. The lowest BCUT2D eigenvalue weighted by Crippen LogP contribution is -2.23. The molecule has 214 valence electrons. The molecule has 0 aliphatic heterocycles. The number of nitrogens with zero attached hydrogens (tertiary/aromatic N) is 3. The summed E-state index contributed by atoms with van der Waals surface area (Å²) in [5, 5.41) is 4.55. The van der Waals surface area contributed by atoms with E-state index in [9.17, 15) is 0 Å². The molecule has 1 aromatic heterocycles. The van der Waals surface area contributed by atoms with Crippen LogP contribution >= 0.6 is 35.6 Å². The Kier molecular flexibility index (Phi) is 9.81. The maximum Gasteiger partial charge on any atom is 0.227 e. The SMILES string of the molecule is CN(CCc1ccccc1)CCc1ccc(Nc2ncc3c(n2)-c2ccccc2[C@H](c2ccc(Cl)c(Cl)c2)C3)cc1.Cl. The minimum atomic E-state index is 0. The van der Waals surface area contributed by atoms with E-state index in [0.717, 1.165) is 60.4 Å². The first-order valence-corrected chi connectivity index (χ1v) is 14.8. The van der Waals surface area contributed by atoms with Gasteiger partial charge in [0, 0.05) is 36.5 Å². The second-order valence-corrected chi connectivity index (χ2v) is 11.5. The van der Waals surface area contributed by atoms with Crippen molar-refractivity contribution in [1.82, 2.24) is 14.9 Å². The molecule has 1 heterocycles. The minimum absolute atomic E-state index is 0. The quantitative estimate of drug-likeness (QED) is 0.180. The summed E-state index contributed by atoms with van der Waals surface area (Å²) >= 11 is 12.6. The first-order chi connectivity index (χ1) is 20.0. The summed E-state index contributed by atoms with van der Waals surface area (Å²) in [6.45, 7) is 2.08. The van der Waals surface area contributed by atoms with Crippen molar-refractivity contribution in [2.75, 3.05) is 25.5 Å². The lowest BCUT2D eigenvalue weighted by Gasteiger charge is -2.27. The average molecular weight is 616 g/mol. The zero-order valence-electron chi connectivity index (χ0n) is 23.4. The molecule has 0 unspecified atom stereocenters. The number of likely N-dealkylation sites (N-methyl/N-ethyl adjacent to an activating group) is 1. The van der Waals surface area contributed by atoms with Crippen molar-refractivity contribution < 1.29 is 0 Å². The van der Waals surface area contributed by atoms with Gasteiger partial charge in [-0.25, -0.2) is 9.97 Å². The number of aromatic nitrogens is 2. The van der Waals surface area contributed by atoms with E-state index in [1.165, 1.54) is 16.7 Å². The number of halogens is 3. The molecule has 0 fully saturated rings. The van der Waals surface area contributed by atoms with Crippen molar-refractivity contribution in [2.45, 2.75) is 25.2 Å². The Morgan fingerprint density at radius 3 is 2.24 bits per heavy atom. The third-order valence-corrected chi connectivity index (χ3v) is 8.58. The van der Waals surface area contributed by atoms with E-state index in [2.05, 4.69) is 107 Å². The maximum absolute atomic E-state index is 6.37. The third kappa shape index (κ3) is 6.96. The van der Waals surface area contributed by atoms with Crippen molar-refractivity contribution in [2.24, 2.45) is 0 Å². The highest BCUT2D eigenvalue weighted by Crippen LogP contribution is 2.43. The molecule has 0 saturated heterocycles. The summed E-state index contributed by atoms with van der Waals surface area (Å²) < 4.78 is 0. The average Bonchev–Trinajstić information content (AvgIpc) is 3.01. The Morgan fingerprint density at radius 1 is 0.810 bits per heavy atom. The van der Waals surface area contributed by atoms with Crippen molar-refractivity contribution in [1.29, 1.82) is 0 Å². The van der Waals surface area contributed by atoms with Crippen molar-refractivity contribution in [3.8, 4) is 11.3 Å². The van der Waals surface area contributed by atoms with E-state index in [0.29, 0.717) is 16.0 Å². The normalized spacial score (nSPS) is 13.7. The molecule has 1 aliphatic rings. The fourth-order valence-corrected chi connectivity index (χ4v) is 5.81. The molecule has 42 heavy (non-hydrogen) atoms. The lowest BCUT2D eigenvalue weighted by molar-refractivity contribution is 0.343. The Morgan fingerprint density at radius 2 is 1.50 bits per heavy atom. The topological polar surface area (TPSA) is 41.0 Å². The largest absolute Gasteiger partial charge is 0.324 e. The first-order valence-electron chi connectivity index (χ1n) is 14.0. The molecular weight excluding hydrogens is 583 g/mol. The van der Waals surface area contributed by atoms with Crippen LogP contribution in [0, 0.1) is 0 Å². The van der Waals surface area contributed by atoms with Gasteiger partial charge in [0.2, 0.25) is 5.95 Å². The highest BCUT2D eigenvalue weighted by Gasteiger charge is 2.27. The van der Waals surface area contributed by atoms with Crippen LogP contribution in [0.15, 0.2) is 103 Å². The molecule has 0 amide bonds. The van der Waals surface area contributed by atoms with Gasteiger partial charge in [-0.2, -0.15) is 0 Å². The Balaban J connectivity index is 0.00000353. The molecule has 0 spiro atoms. The second kappa shape index (κ2) is 13.7. The molecule has 4 nitrogen and oxygen atoms in total. The number of nitrogens with one attached hydrogen (secondary N) is 1. The minimum Gasteiger partial charge on any atom is -0.324 e. The van der Waals surface area contributed by atoms with Gasteiger partial charge in [-0.1, -0.05) is 96.0 Å². The van der Waals surface area contributed by atoms with Crippen LogP contribution in [0.2, 0.25) is 10.0 Å². The highest BCUT2D eigenvalue weighted by molar-refractivity contribution is 6.42. The fraction of sp³-hybridized carbons (Fsp3) is 0.200. The van der Waals surface area contributed by atoms with Crippen LogP contribution in [0.1, 0.15) is 33.7 Å². The first kappa shape index (κ1) is 30.1. The Bertz CT molecular complexity index is 1640. The maximum atomic E-state index is 6.37. The van der Waals surface area contributed by atoms with E-state index in [1.54, 1.807) is 0 Å². The summed E-state index contributed by atoms with van der Waals surface area (Å²) in [4.78, 5) is 12.0. The van der Waals surface area contributed by atoms with Gasteiger partial charge in [-0.15, -0.1) is 12.4 Å². The Labute approximate surface area is 264 Å². The zero-order valence-corrected chi connectivity index (χ0v) is 25.8. The summed E-state index contributed by atoms with van der Waals surface area (Å²) in [6.07, 6.45) is 4.84. The van der Waals surface area contributed by atoms with Gasteiger partial charge in [0.25, 0.3) is 0 Å². The van der Waals surface area contributed by atoms with Crippen LogP contribution in [0.5, 0.6) is 0 Å². The van der Waals surface area contributed by atoms with Gasteiger partial charge in [0.15, 0.2) is 0 Å². The number of rotatable bonds is 9. The van der Waals surface area contributed by atoms with Crippen LogP contribution in [0.3, 0.4) is 0 Å². The summed E-state index contributed by atoms with van der Waals surface area (Å²) in [5.74, 6) is 0.765. The van der Waals surface area contributed by atoms with Gasteiger partial charge in [0.05, 0.1) is 15.7 Å². The number of anilines is 2. The fourth-order valence-electron chi connectivity index (χ4n) is 5.50. The number of hydrogen-bond acceptors (Lipinski definition) is 4. The van der Waals surface area contributed by atoms with E-state index in [1.807, 2.05) is 18.3 Å². The molecule has 0 saturated carbocycles. The molecule has 6 rings (SSSR count). The van der Waals surface area contributed by atoms with Gasteiger partial charge in [-0.05, 0) is 78.4 Å². The summed E-state index contributed by atoms with van der Waals surface area (Å²) in [6, 6.07) is 33.6. The van der Waals surface area contributed by atoms with Crippen molar-refractivity contribution in [3.05, 3.63) is 141 Å². The molecule has 5 aromatic rings. The van der Waals surface area contributed by atoms with Crippen molar-refractivity contribution >= 4 is 47.2 Å². The van der Waals surface area contributed by atoms with Crippen molar-refractivity contribution in [3.63, 3.8) is 0 Å². The molecule has 0 radical (unpaired) electrons. The number of benzene rings is 4. The van der Waals surface area contributed by atoms with E-state index < -0.39 is 0 Å². The zero-order chi connectivity index (χ0) is 28.2.